The van der Waals surface area contributed by atoms with Crippen molar-refractivity contribution in [1.82, 2.24) is 14.5 Å². The number of phenolic OH excluding ortho intramolecular Hbond substituents is 1. The number of hydrogen-bond acceptors (Lipinski definition) is 3. The highest BCUT2D eigenvalue weighted by molar-refractivity contribution is 6.35. The van der Waals surface area contributed by atoms with E-state index in [2.05, 4.69) is 20.4 Å². The van der Waals surface area contributed by atoms with Gasteiger partial charge in [0.05, 0.1) is 33.5 Å². The van der Waals surface area contributed by atoms with Gasteiger partial charge in [-0.15, -0.1) is 0 Å². The van der Waals surface area contributed by atoms with Crippen molar-refractivity contribution in [2.45, 2.75) is 32.9 Å². The number of phenols is 1. The van der Waals surface area contributed by atoms with Crippen LogP contribution in [0.1, 0.15) is 31.2 Å². The molecule has 0 atom stereocenters. The molecule has 4 aromatic rings. The maximum absolute atomic E-state index is 15.8. The molecular formula is C30H25Cl2F2N3O2. The molecule has 39 heavy (non-hydrogen) atoms. The number of benzene rings is 3. The molecule has 1 aromatic heterocycles. The predicted octanol–water partition coefficient (Wildman–Crippen LogP) is 7.83. The molecule has 0 radical (unpaired) electrons. The van der Waals surface area contributed by atoms with Crippen molar-refractivity contribution in [2.24, 2.45) is 0 Å². The van der Waals surface area contributed by atoms with Gasteiger partial charge in [0.15, 0.2) is 0 Å². The number of aromatic nitrogens is 2. The summed E-state index contributed by atoms with van der Waals surface area (Å²) in [5, 5.41) is 10.2. The summed E-state index contributed by atoms with van der Waals surface area (Å²) in [4.78, 5) is 18.9. The average Bonchev–Trinajstić information content (AvgIpc) is 3.30. The molecule has 1 N–H and O–H groups in total. The zero-order valence-corrected chi connectivity index (χ0v) is 22.8. The Morgan fingerprint density at radius 3 is 2.49 bits per heavy atom. The van der Waals surface area contributed by atoms with Crippen molar-refractivity contribution < 1.29 is 18.7 Å². The smallest absolute Gasteiger partial charge is 0.246 e. The van der Waals surface area contributed by atoms with Crippen LogP contribution in [0.15, 0.2) is 61.2 Å². The zero-order chi connectivity index (χ0) is 28.0. The molecule has 0 saturated heterocycles. The molecule has 5 nitrogen and oxygen atoms in total. The fourth-order valence-electron chi connectivity index (χ4n) is 5.07. The third-order valence-corrected chi connectivity index (χ3v) is 7.54. The topological polar surface area (TPSA) is 58.4 Å². The molecule has 2 heterocycles. The molecule has 0 saturated carbocycles. The van der Waals surface area contributed by atoms with Crippen LogP contribution in [0, 0.1) is 11.6 Å². The number of imidazole rings is 1. The van der Waals surface area contributed by atoms with Crippen LogP contribution in [0.5, 0.6) is 5.75 Å². The highest BCUT2D eigenvalue weighted by atomic mass is 35.5. The minimum atomic E-state index is -0.856. The van der Waals surface area contributed by atoms with Crippen LogP contribution in [0.25, 0.3) is 33.6 Å². The number of amides is 1. The molecule has 0 bridgehead atoms. The highest BCUT2D eigenvalue weighted by Crippen LogP contribution is 2.45. The first-order chi connectivity index (χ1) is 18.6. The lowest BCUT2D eigenvalue weighted by Crippen LogP contribution is -2.37. The monoisotopic (exact) mass is 567 g/mol. The largest absolute Gasteiger partial charge is 0.506 e. The number of carbonyl (C=O) groups excluding carboxylic acids is 1. The molecule has 3 aromatic carbocycles. The Hall–Kier alpha value is -3.68. The van der Waals surface area contributed by atoms with Crippen LogP contribution < -0.4 is 0 Å². The van der Waals surface area contributed by atoms with Crippen LogP contribution >= 0.6 is 23.2 Å². The van der Waals surface area contributed by atoms with Gasteiger partial charge in [0.1, 0.15) is 23.2 Å². The van der Waals surface area contributed by atoms with Crippen molar-refractivity contribution in [3.63, 3.8) is 0 Å². The third kappa shape index (κ3) is 4.70. The Morgan fingerprint density at radius 1 is 1.05 bits per heavy atom. The lowest BCUT2D eigenvalue weighted by Gasteiger charge is -2.27. The Kier molecular flexibility index (Phi) is 7.23. The molecule has 9 heteroatoms. The van der Waals surface area contributed by atoms with Crippen molar-refractivity contribution >= 4 is 29.1 Å². The Morgan fingerprint density at radius 2 is 1.79 bits per heavy atom. The molecular weight excluding hydrogens is 543 g/mol. The fraction of sp³-hybridized carbons (Fsp3) is 0.200. The van der Waals surface area contributed by atoms with Gasteiger partial charge in [0, 0.05) is 29.8 Å². The molecule has 0 spiro atoms. The van der Waals surface area contributed by atoms with E-state index in [1.165, 1.54) is 24.3 Å². The second kappa shape index (κ2) is 10.5. The molecule has 5 rings (SSSR count). The van der Waals surface area contributed by atoms with Crippen molar-refractivity contribution in [3.8, 4) is 39.4 Å². The van der Waals surface area contributed by atoms with Gasteiger partial charge in [-0.1, -0.05) is 67.9 Å². The normalized spacial score (nSPS) is 13.1. The van der Waals surface area contributed by atoms with Gasteiger partial charge >= 0.3 is 0 Å². The van der Waals surface area contributed by atoms with E-state index >= 15 is 4.39 Å². The van der Waals surface area contributed by atoms with Crippen LogP contribution in [-0.2, 0) is 17.9 Å². The van der Waals surface area contributed by atoms with Gasteiger partial charge in [-0.3, -0.25) is 4.79 Å². The van der Waals surface area contributed by atoms with Gasteiger partial charge in [0.2, 0.25) is 5.91 Å². The highest BCUT2D eigenvalue weighted by Gasteiger charge is 2.29. The molecule has 1 aliphatic rings. The van der Waals surface area contributed by atoms with E-state index in [1.807, 2.05) is 28.8 Å². The summed E-state index contributed by atoms with van der Waals surface area (Å²) >= 11 is 12.6. The number of carbonyl (C=O) groups is 1. The summed E-state index contributed by atoms with van der Waals surface area (Å²) in [5.41, 5.74) is 2.93. The summed E-state index contributed by atoms with van der Waals surface area (Å²) in [6.45, 7) is 8.85. The molecule has 1 amide bonds. The summed E-state index contributed by atoms with van der Waals surface area (Å²) in [5.74, 6) is -1.65. The van der Waals surface area contributed by atoms with Crippen LogP contribution in [0.4, 0.5) is 8.78 Å². The average molecular weight is 568 g/mol. The molecule has 0 fully saturated rings. The van der Waals surface area contributed by atoms with Gasteiger partial charge < -0.3 is 14.6 Å². The maximum atomic E-state index is 15.8. The van der Waals surface area contributed by atoms with E-state index in [4.69, 9.17) is 28.2 Å². The quantitative estimate of drug-likeness (QED) is 0.250. The summed E-state index contributed by atoms with van der Waals surface area (Å²) in [6.07, 6.45) is 1.27. The van der Waals surface area contributed by atoms with E-state index in [9.17, 15) is 14.3 Å². The standard InChI is InChI=1S/C30H25Cl2F2N3O2/c1-4-25(38)36-11-12-37-24(15-36)35-28(19-8-6-5-7-18(19)16(2)3)29(37)17-13-21(32)26(23(34)14-17)27-22(33)10-9-20(31)30(27)39/h4-10,13-14,16,39H,1,11-12,15H2,2-3H3. The van der Waals surface area contributed by atoms with E-state index in [1.54, 1.807) is 4.90 Å². The number of aromatic hydroxyl groups is 1. The number of hydrogen-bond donors (Lipinski definition) is 1. The maximum Gasteiger partial charge on any atom is 0.246 e. The second-order valence-electron chi connectivity index (χ2n) is 9.65. The first-order valence-corrected chi connectivity index (χ1v) is 13.1. The number of fused-ring (bicyclic) bond motifs is 1. The number of nitrogens with zero attached hydrogens (tertiary/aromatic N) is 3. The van der Waals surface area contributed by atoms with E-state index < -0.39 is 22.9 Å². The predicted molar refractivity (Wildman–Crippen MR) is 150 cm³/mol. The fourth-order valence-corrected chi connectivity index (χ4v) is 5.53. The summed E-state index contributed by atoms with van der Waals surface area (Å²) in [6, 6.07) is 12.9. The third-order valence-electron chi connectivity index (χ3n) is 6.94. The van der Waals surface area contributed by atoms with E-state index in [0.29, 0.717) is 35.9 Å². The van der Waals surface area contributed by atoms with Crippen molar-refractivity contribution in [3.05, 3.63) is 94.3 Å². The lowest BCUT2D eigenvalue weighted by atomic mass is 9.93. The van der Waals surface area contributed by atoms with Crippen molar-refractivity contribution in [1.29, 1.82) is 0 Å². The van der Waals surface area contributed by atoms with Gasteiger partial charge in [0.25, 0.3) is 0 Å². The first kappa shape index (κ1) is 26.9. The summed E-state index contributed by atoms with van der Waals surface area (Å²) < 4.78 is 32.4. The van der Waals surface area contributed by atoms with Gasteiger partial charge in [-0.2, -0.15) is 0 Å². The number of halogens is 4. The zero-order valence-electron chi connectivity index (χ0n) is 21.3. The first-order valence-electron chi connectivity index (χ1n) is 12.4. The van der Waals surface area contributed by atoms with Gasteiger partial charge in [-0.25, -0.2) is 13.8 Å². The molecule has 200 valence electrons. The Labute approximate surface area is 234 Å². The molecule has 0 aliphatic carbocycles. The van der Waals surface area contributed by atoms with Crippen LogP contribution in [-0.4, -0.2) is 32.0 Å². The van der Waals surface area contributed by atoms with Crippen LogP contribution in [0.3, 0.4) is 0 Å². The Bertz CT molecular complexity index is 1610. The number of rotatable bonds is 5. The SMILES string of the molecule is C=CC(=O)N1CCn2c(nc(-c3ccccc3C(C)C)c2-c2cc(F)c(-c3c(F)ccc(Cl)c3O)c(Cl)c2)C1. The van der Waals surface area contributed by atoms with Crippen LogP contribution in [0.2, 0.25) is 10.0 Å². The minimum absolute atomic E-state index is 0.0978. The lowest BCUT2D eigenvalue weighted by molar-refractivity contribution is -0.127. The van der Waals surface area contributed by atoms with Crippen molar-refractivity contribution in [2.75, 3.05) is 6.54 Å². The summed E-state index contributed by atoms with van der Waals surface area (Å²) in [7, 11) is 0. The molecule has 1 aliphatic heterocycles. The minimum Gasteiger partial charge on any atom is -0.506 e. The van der Waals surface area contributed by atoms with E-state index in [0.717, 1.165) is 17.2 Å². The molecule has 0 unspecified atom stereocenters. The second-order valence-corrected chi connectivity index (χ2v) is 10.5. The van der Waals surface area contributed by atoms with E-state index in [-0.39, 0.29) is 34.0 Å². The van der Waals surface area contributed by atoms with Gasteiger partial charge in [-0.05, 0) is 41.8 Å². The Balaban J connectivity index is 1.74.